The van der Waals surface area contributed by atoms with Gasteiger partial charge in [-0.05, 0) is 38.9 Å². The van der Waals surface area contributed by atoms with Gasteiger partial charge < -0.3 is 0 Å². The molecule has 0 aliphatic carbocycles. The van der Waals surface area contributed by atoms with Crippen LogP contribution in [0.2, 0.25) is 0 Å². The smallest absolute Gasteiger partial charge is 0.0229 e. The summed E-state index contributed by atoms with van der Waals surface area (Å²) in [5.41, 5.74) is 0. The van der Waals surface area contributed by atoms with Crippen molar-refractivity contribution in [3.8, 4) is 0 Å². The van der Waals surface area contributed by atoms with E-state index in [9.17, 15) is 0 Å². The second-order valence-corrected chi connectivity index (χ2v) is 6.84. The quantitative estimate of drug-likeness (QED) is 0.466. The predicted molar refractivity (Wildman–Crippen MR) is 49.0 cm³/mol. The summed E-state index contributed by atoms with van der Waals surface area (Å²) in [7, 11) is 0.451. The highest BCUT2D eigenvalue weighted by atomic mass is 127. The second kappa shape index (κ2) is 2.55. The van der Waals surface area contributed by atoms with Crippen LogP contribution in [0.25, 0.3) is 0 Å². The van der Waals surface area contributed by atoms with E-state index in [4.69, 9.17) is 0 Å². The fourth-order valence-corrected chi connectivity index (χ4v) is 4.02. The van der Waals surface area contributed by atoms with Crippen LogP contribution < -0.4 is 0 Å². The van der Waals surface area contributed by atoms with Crippen molar-refractivity contribution in [2.24, 2.45) is 0 Å². The SMILES string of the molecule is CC1=S(I)C=CS1. The highest BCUT2D eigenvalue weighted by Gasteiger charge is 1.97. The molecule has 1 heterocycles. The zero-order valence-electron chi connectivity index (χ0n) is 3.85. The molecule has 0 aromatic rings. The number of hydrogen-bond acceptors (Lipinski definition) is 1. The lowest BCUT2D eigenvalue weighted by Gasteiger charge is -1.86. The van der Waals surface area contributed by atoms with E-state index in [2.05, 4.69) is 38.9 Å². The van der Waals surface area contributed by atoms with Crippen LogP contribution in [0.3, 0.4) is 0 Å². The lowest BCUT2D eigenvalue weighted by molar-refractivity contribution is 2.12. The van der Waals surface area contributed by atoms with E-state index in [0.717, 1.165) is 0 Å². The summed E-state index contributed by atoms with van der Waals surface area (Å²) in [6.45, 7) is 2.18. The van der Waals surface area contributed by atoms with Crippen LogP contribution in [-0.2, 0) is 0 Å². The molecule has 7 heavy (non-hydrogen) atoms. The molecule has 0 saturated heterocycles. The average molecular weight is 244 g/mol. The molecule has 1 atom stereocenters. The van der Waals surface area contributed by atoms with Gasteiger partial charge in [0.2, 0.25) is 0 Å². The zero-order valence-corrected chi connectivity index (χ0v) is 7.64. The fourth-order valence-electron chi connectivity index (χ4n) is 0.314. The Labute approximate surface area is 62.3 Å². The molecule has 0 aromatic heterocycles. The Bertz CT molecular complexity index is 137. The molecular formula is C4H5IS2. The molecule has 0 amide bonds. The van der Waals surface area contributed by atoms with E-state index in [1.54, 1.807) is 0 Å². The summed E-state index contributed by atoms with van der Waals surface area (Å²) in [6, 6.07) is 0. The Morgan fingerprint density at radius 2 is 2.57 bits per heavy atom. The molecular weight excluding hydrogens is 239 g/mol. The average Bonchev–Trinajstić information content (AvgIpc) is 1.91. The molecule has 3 heteroatoms. The minimum Gasteiger partial charge on any atom is -0.0951 e. The Hall–Kier alpha value is 1.04. The largest absolute Gasteiger partial charge is 0.0951 e. The molecule has 0 nitrogen and oxygen atoms in total. The van der Waals surface area contributed by atoms with Gasteiger partial charge in [0.1, 0.15) is 0 Å². The van der Waals surface area contributed by atoms with E-state index in [1.807, 2.05) is 11.8 Å². The molecule has 1 unspecified atom stereocenters. The monoisotopic (exact) mass is 244 g/mol. The number of rotatable bonds is 0. The van der Waals surface area contributed by atoms with Crippen LogP contribution in [0.1, 0.15) is 6.92 Å². The minimum absolute atomic E-state index is 0.451. The standard InChI is InChI=1S/C4H5IS2/c1-4-6-2-3-7(4)5/h2-3H,1H3. The van der Waals surface area contributed by atoms with Gasteiger partial charge in [-0.2, -0.15) is 0 Å². The van der Waals surface area contributed by atoms with Gasteiger partial charge in [-0.25, -0.2) is 0 Å². The van der Waals surface area contributed by atoms with E-state index in [1.165, 1.54) is 4.20 Å². The van der Waals surface area contributed by atoms with Crippen molar-refractivity contribution >= 4 is 44.8 Å². The summed E-state index contributed by atoms with van der Waals surface area (Å²) in [4.78, 5) is 0. The van der Waals surface area contributed by atoms with E-state index in [-0.39, 0.29) is 0 Å². The van der Waals surface area contributed by atoms with Crippen molar-refractivity contribution in [2.45, 2.75) is 6.92 Å². The summed E-state index contributed by atoms with van der Waals surface area (Å²) in [6.07, 6.45) is 0. The Kier molecular flexibility index (Phi) is 2.24. The van der Waals surface area contributed by atoms with Gasteiger partial charge in [-0.1, -0.05) is 19.4 Å². The maximum atomic E-state index is 2.44. The Balaban J connectivity index is 2.79. The summed E-state index contributed by atoms with van der Waals surface area (Å²) < 4.78 is 1.53. The molecule has 0 saturated carbocycles. The van der Waals surface area contributed by atoms with Crippen molar-refractivity contribution in [3.63, 3.8) is 0 Å². The zero-order chi connectivity index (χ0) is 5.28. The first-order valence-electron chi connectivity index (χ1n) is 1.87. The highest BCUT2D eigenvalue weighted by Crippen LogP contribution is 2.37. The third-order valence-electron chi connectivity index (χ3n) is 0.684. The van der Waals surface area contributed by atoms with Crippen molar-refractivity contribution < 1.29 is 0 Å². The Morgan fingerprint density at radius 3 is 2.71 bits per heavy atom. The first-order chi connectivity index (χ1) is 3.30. The molecule has 0 spiro atoms. The van der Waals surface area contributed by atoms with E-state index in [0.29, 0.717) is 7.66 Å². The normalized spacial score (nSPS) is 29.4. The van der Waals surface area contributed by atoms with Crippen LogP contribution in [0, 0.1) is 0 Å². The first kappa shape index (κ1) is 6.16. The third-order valence-corrected chi connectivity index (χ3v) is 6.97. The molecule has 0 radical (unpaired) electrons. The maximum absolute atomic E-state index is 2.44. The summed E-state index contributed by atoms with van der Waals surface area (Å²) >= 11 is 4.29. The molecule has 1 rings (SSSR count). The fraction of sp³-hybridized carbons (Fsp3) is 0.250. The van der Waals surface area contributed by atoms with Crippen molar-refractivity contribution in [1.82, 2.24) is 0 Å². The van der Waals surface area contributed by atoms with Crippen molar-refractivity contribution in [3.05, 3.63) is 10.8 Å². The molecule has 0 fully saturated rings. The topological polar surface area (TPSA) is 0 Å². The first-order valence-corrected chi connectivity index (χ1v) is 6.58. The molecule has 1 aliphatic heterocycles. The minimum atomic E-state index is 0.451. The van der Waals surface area contributed by atoms with Crippen LogP contribution >= 0.6 is 40.6 Å². The van der Waals surface area contributed by atoms with E-state index >= 15 is 0 Å². The number of thioether (sulfide) groups is 1. The lowest BCUT2D eigenvalue weighted by Crippen LogP contribution is -1.67. The van der Waals surface area contributed by atoms with E-state index < -0.39 is 0 Å². The molecule has 0 N–H and O–H groups in total. The van der Waals surface area contributed by atoms with Crippen LogP contribution in [0.5, 0.6) is 0 Å². The second-order valence-electron chi connectivity index (χ2n) is 1.17. The highest BCUT2D eigenvalue weighted by molar-refractivity contribution is 14.2. The number of halogens is 1. The van der Waals surface area contributed by atoms with Crippen LogP contribution in [0.4, 0.5) is 0 Å². The third kappa shape index (κ3) is 1.47. The predicted octanol–water partition coefficient (Wildman–Crippen LogP) is 2.97. The lowest BCUT2D eigenvalue weighted by atomic mass is 11.0. The van der Waals surface area contributed by atoms with Crippen LogP contribution in [0.15, 0.2) is 10.8 Å². The van der Waals surface area contributed by atoms with Gasteiger partial charge in [0.15, 0.2) is 0 Å². The van der Waals surface area contributed by atoms with Crippen LogP contribution in [-0.4, -0.2) is 4.20 Å². The summed E-state index contributed by atoms with van der Waals surface area (Å²) in [5, 5.41) is 4.39. The maximum Gasteiger partial charge on any atom is 0.0229 e. The summed E-state index contributed by atoms with van der Waals surface area (Å²) in [5.74, 6) is 0. The van der Waals surface area contributed by atoms with Crippen molar-refractivity contribution in [2.75, 3.05) is 0 Å². The van der Waals surface area contributed by atoms with Gasteiger partial charge >= 0.3 is 0 Å². The Morgan fingerprint density at radius 1 is 1.86 bits per heavy atom. The van der Waals surface area contributed by atoms with Crippen molar-refractivity contribution in [1.29, 1.82) is 0 Å². The van der Waals surface area contributed by atoms with Gasteiger partial charge in [-0.3, -0.25) is 0 Å². The van der Waals surface area contributed by atoms with Gasteiger partial charge in [0.25, 0.3) is 0 Å². The molecule has 0 bridgehead atoms. The number of hydrogen-bond donors (Lipinski definition) is 0. The molecule has 0 aromatic carbocycles. The van der Waals surface area contributed by atoms with Gasteiger partial charge in [-0.15, -0.1) is 0 Å². The molecule has 1 aliphatic rings. The van der Waals surface area contributed by atoms with Gasteiger partial charge in [0, 0.05) is 4.20 Å². The van der Waals surface area contributed by atoms with Gasteiger partial charge in [0.05, 0.1) is 0 Å². The molecule has 40 valence electrons.